The van der Waals surface area contributed by atoms with Crippen molar-refractivity contribution in [2.75, 3.05) is 6.54 Å². The first kappa shape index (κ1) is 14.1. The van der Waals surface area contributed by atoms with Gasteiger partial charge in [0, 0.05) is 0 Å². The first-order valence-electron chi connectivity index (χ1n) is 6.44. The van der Waals surface area contributed by atoms with E-state index in [4.69, 9.17) is 0 Å². The molecule has 5 nitrogen and oxygen atoms in total. The van der Waals surface area contributed by atoms with Crippen LogP contribution in [0.15, 0.2) is 0 Å². The van der Waals surface area contributed by atoms with E-state index in [9.17, 15) is 0 Å². The van der Waals surface area contributed by atoms with Gasteiger partial charge in [-0.05, 0) is 42.7 Å². The van der Waals surface area contributed by atoms with Crippen molar-refractivity contribution in [3.8, 4) is 0 Å². The minimum atomic E-state index is 0.189. The molecule has 5 heteroatoms. The Morgan fingerprint density at radius 1 is 1.12 bits per heavy atom. The van der Waals surface area contributed by atoms with Crippen LogP contribution < -0.4 is 5.32 Å². The Morgan fingerprint density at radius 3 is 2.29 bits per heavy atom. The van der Waals surface area contributed by atoms with E-state index in [1.165, 1.54) is 0 Å². The molecule has 1 heterocycles. The first-order chi connectivity index (χ1) is 7.93. The van der Waals surface area contributed by atoms with Crippen molar-refractivity contribution < 1.29 is 0 Å². The van der Waals surface area contributed by atoms with Gasteiger partial charge in [-0.1, -0.05) is 27.7 Å². The van der Waals surface area contributed by atoms with Crippen molar-refractivity contribution in [2.24, 2.45) is 11.8 Å². The third-order valence-corrected chi connectivity index (χ3v) is 3.09. The Labute approximate surface area is 104 Å². The number of tetrazole rings is 1. The summed E-state index contributed by atoms with van der Waals surface area (Å²) in [5.74, 6) is 2.07. The molecule has 98 valence electrons. The quantitative estimate of drug-likeness (QED) is 0.827. The van der Waals surface area contributed by atoms with Crippen molar-refractivity contribution in [1.29, 1.82) is 0 Å². The van der Waals surface area contributed by atoms with Crippen LogP contribution in [0.5, 0.6) is 0 Å². The lowest BCUT2D eigenvalue weighted by atomic mass is 10.1. The Bertz CT molecular complexity index is 331. The third kappa shape index (κ3) is 3.77. The summed E-state index contributed by atoms with van der Waals surface area (Å²) >= 11 is 0. The van der Waals surface area contributed by atoms with Gasteiger partial charge >= 0.3 is 0 Å². The minimum Gasteiger partial charge on any atom is -0.307 e. The molecule has 1 N–H and O–H groups in total. The molecular weight excluding hydrogens is 214 g/mol. The van der Waals surface area contributed by atoms with Crippen molar-refractivity contribution in [3.05, 3.63) is 5.82 Å². The second kappa shape index (κ2) is 6.10. The molecule has 1 aromatic heterocycles. The van der Waals surface area contributed by atoms with Gasteiger partial charge in [0.1, 0.15) is 0 Å². The van der Waals surface area contributed by atoms with E-state index in [1.54, 1.807) is 0 Å². The molecule has 0 aliphatic carbocycles. The monoisotopic (exact) mass is 239 g/mol. The van der Waals surface area contributed by atoms with E-state index in [2.05, 4.69) is 62.4 Å². The van der Waals surface area contributed by atoms with Gasteiger partial charge in [0.25, 0.3) is 0 Å². The molecule has 1 aromatic rings. The molecule has 0 aromatic carbocycles. The largest absolute Gasteiger partial charge is 0.307 e. The molecule has 0 aliphatic rings. The summed E-state index contributed by atoms with van der Waals surface area (Å²) in [6.45, 7) is 14.0. The summed E-state index contributed by atoms with van der Waals surface area (Å²) in [5.41, 5.74) is 0. The highest BCUT2D eigenvalue weighted by Crippen LogP contribution is 2.19. The van der Waals surface area contributed by atoms with Gasteiger partial charge in [0.2, 0.25) is 0 Å². The highest BCUT2D eigenvalue weighted by atomic mass is 15.6. The first-order valence-corrected chi connectivity index (χ1v) is 6.44. The SMILES string of the molecule is CC(C)CNC(C)c1nnnn1C(C)C(C)C. The molecule has 0 amide bonds. The van der Waals surface area contributed by atoms with Crippen LogP contribution in [0.4, 0.5) is 0 Å². The summed E-state index contributed by atoms with van der Waals surface area (Å²) in [5, 5.41) is 15.5. The zero-order valence-corrected chi connectivity index (χ0v) is 11.8. The van der Waals surface area contributed by atoms with E-state index in [-0.39, 0.29) is 6.04 Å². The fraction of sp³-hybridized carbons (Fsp3) is 0.917. The Balaban J connectivity index is 2.74. The maximum atomic E-state index is 4.14. The van der Waals surface area contributed by atoms with Gasteiger partial charge in [0.15, 0.2) is 5.82 Å². The predicted molar refractivity (Wildman–Crippen MR) is 68.6 cm³/mol. The van der Waals surface area contributed by atoms with Gasteiger partial charge in [-0.3, -0.25) is 0 Å². The maximum Gasteiger partial charge on any atom is 0.168 e. The van der Waals surface area contributed by atoms with Gasteiger partial charge in [-0.15, -0.1) is 5.10 Å². The molecule has 17 heavy (non-hydrogen) atoms. The molecule has 0 saturated carbocycles. The van der Waals surface area contributed by atoms with E-state index in [0.29, 0.717) is 17.9 Å². The lowest BCUT2D eigenvalue weighted by Gasteiger charge is -2.20. The van der Waals surface area contributed by atoms with E-state index < -0.39 is 0 Å². The topological polar surface area (TPSA) is 55.6 Å². The van der Waals surface area contributed by atoms with Crippen LogP contribution in [0.25, 0.3) is 0 Å². The highest BCUT2D eigenvalue weighted by molar-refractivity contribution is 4.92. The van der Waals surface area contributed by atoms with E-state index in [1.807, 2.05) is 4.68 Å². The summed E-state index contributed by atoms with van der Waals surface area (Å²) in [6, 6.07) is 0.511. The summed E-state index contributed by atoms with van der Waals surface area (Å²) in [7, 11) is 0. The summed E-state index contributed by atoms with van der Waals surface area (Å²) in [6.07, 6.45) is 0. The average Bonchev–Trinajstić information content (AvgIpc) is 2.73. The lowest BCUT2D eigenvalue weighted by molar-refractivity contribution is 0.342. The molecular formula is C12H25N5. The molecule has 2 unspecified atom stereocenters. The highest BCUT2D eigenvalue weighted by Gasteiger charge is 2.20. The summed E-state index contributed by atoms with van der Waals surface area (Å²) < 4.78 is 1.93. The number of hydrogen-bond donors (Lipinski definition) is 1. The van der Waals surface area contributed by atoms with Gasteiger partial charge in [-0.25, -0.2) is 4.68 Å². The molecule has 2 atom stereocenters. The molecule has 1 rings (SSSR count). The van der Waals surface area contributed by atoms with E-state index in [0.717, 1.165) is 12.4 Å². The van der Waals surface area contributed by atoms with Crippen LogP contribution in [0, 0.1) is 11.8 Å². The van der Waals surface area contributed by atoms with Crippen LogP contribution in [0.1, 0.15) is 59.5 Å². The zero-order valence-electron chi connectivity index (χ0n) is 11.8. The molecule has 0 spiro atoms. The van der Waals surface area contributed by atoms with Crippen molar-refractivity contribution in [3.63, 3.8) is 0 Å². The normalized spacial score (nSPS) is 15.5. The smallest absolute Gasteiger partial charge is 0.168 e. The Hall–Kier alpha value is -0.970. The van der Waals surface area contributed by atoms with Gasteiger partial charge in [-0.2, -0.15) is 0 Å². The number of hydrogen-bond acceptors (Lipinski definition) is 4. The number of nitrogens with one attached hydrogen (secondary N) is 1. The van der Waals surface area contributed by atoms with Crippen LogP contribution in [0.3, 0.4) is 0 Å². The van der Waals surface area contributed by atoms with Crippen LogP contribution >= 0.6 is 0 Å². The average molecular weight is 239 g/mol. The molecule has 0 saturated heterocycles. The molecule has 0 aliphatic heterocycles. The number of rotatable bonds is 6. The second-order valence-corrected chi connectivity index (χ2v) is 5.49. The fourth-order valence-corrected chi connectivity index (χ4v) is 1.56. The minimum absolute atomic E-state index is 0.189. The molecule has 0 bridgehead atoms. The zero-order chi connectivity index (χ0) is 13.0. The second-order valence-electron chi connectivity index (χ2n) is 5.49. The molecule has 0 radical (unpaired) electrons. The van der Waals surface area contributed by atoms with Crippen molar-refractivity contribution >= 4 is 0 Å². The fourth-order valence-electron chi connectivity index (χ4n) is 1.56. The van der Waals surface area contributed by atoms with Crippen molar-refractivity contribution in [2.45, 2.75) is 53.6 Å². The Kier molecular flexibility index (Phi) is 5.05. The van der Waals surface area contributed by atoms with Crippen molar-refractivity contribution in [1.82, 2.24) is 25.5 Å². The van der Waals surface area contributed by atoms with Crippen LogP contribution in [-0.4, -0.2) is 26.8 Å². The summed E-state index contributed by atoms with van der Waals surface area (Å²) in [4.78, 5) is 0. The lowest BCUT2D eigenvalue weighted by Crippen LogP contribution is -2.27. The van der Waals surface area contributed by atoms with E-state index >= 15 is 0 Å². The number of nitrogens with zero attached hydrogens (tertiary/aromatic N) is 4. The maximum absolute atomic E-state index is 4.14. The Morgan fingerprint density at radius 2 is 1.76 bits per heavy atom. The predicted octanol–water partition coefficient (Wildman–Crippen LogP) is 2.20. The standard InChI is InChI=1S/C12H25N5/c1-8(2)7-13-10(5)12-14-15-16-17(12)11(6)9(3)4/h8-11,13H,7H2,1-6H3. The number of aromatic nitrogens is 4. The van der Waals surface area contributed by atoms with Crippen LogP contribution in [-0.2, 0) is 0 Å². The van der Waals surface area contributed by atoms with Gasteiger partial charge < -0.3 is 5.32 Å². The van der Waals surface area contributed by atoms with Gasteiger partial charge in [0.05, 0.1) is 12.1 Å². The molecule has 0 fully saturated rings. The van der Waals surface area contributed by atoms with Crippen LogP contribution in [0.2, 0.25) is 0 Å². The third-order valence-electron chi connectivity index (χ3n) is 3.09.